The number of fused-ring (bicyclic) bond motifs is 1. The zero-order valence-corrected chi connectivity index (χ0v) is 10.7. The minimum atomic E-state index is -0.257. The van der Waals surface area contributed by atoms with Gasteiger partial charge in [-0.25, -0.2) is 19.3 Å². The summed E-state index contributed by atoms with van der Waals surface area (Å²) in [6, 6.07) is 1.80. The second-order valence-corrected chi connectivity index (χ2v) is 4.72. The molecule has 0 aliphatic heterocycles. The van der Waals surface area contributed by atoms with Crippen molar-refractivity contribution < 1.29 is 0 Å². The molecule has 1 N–H and O–H groups in total. The number of aromatic nitrogens is 4. The molecule has 0 fully saturated rings. The van der Waals surface area contributed by atoms with E-state index in [2.05, 4.69) is 22.1 Å². The Balaban J connectivity index is 2.34. The van der Waals surface area contributed by atoms with Crippen LogP contribution in [0.4, 0.5) is 0 Å². The van der Waals surface area contributed by atoms with Gasteiger partial charge >= 0.3 is 5.69 Å². The van der Waals surface area contributed by atoms with Crippen molar-refractivity contribution >= 4 is 17.2 Å². The minimum absolute atomic E-state index is 0.0833. The first kappa shape index (κ1) is 12.1. The summed E-state index contributed by atoms with van der Waals surface area (Å²) in [5.74, 6) is 0.636. The molecule has 0 amide bonds. The molecule has 0 radical (unpaired) electrons. The smallest absolute Gasteiger partial charge is 0.246 e. The van der Waals surface area contributed by atoms with Crippen LogP contribution in [0.1, 0.15) is 31.3 Å². The Kier molecular flexibility index (Phi) is 3.47. The molecule has 1 atom stereocenters. The second kappa shape index (κ2) is 4.87. The van der Waals surface area contributed by atoms with Crippen molar-refractivity contribution in [2.45, 2.75) is 38.5 Å². The molecular formula is C11H15ClN4O. The average molecular weight is 255 g/mol. The van der Waals surface area contributed by atoms with Gasteiger partial charge in [-0.2, -0.15) is 5.10 Å². The van der Waals surface area contributed by atoms with Crippen molar-refractivity contribution in [2.24, 2.45) is 0 Å². The SMILES string of the molecule is CCCC(Cl)Cc1cc2n[nH]c(=O)n2c(C)n1. The van der Waals surface area contributed by atoms with Crippen molar-refractivity contribution in [3.05, 3.63) is 28.1 Å². The predicted molar refractivity (Wildman–Crippen MR) is 66.6 cm³/mol. The Morgan fingerprint density at radius 2 is 2.35 bits per heavy atom. The van der Waals surface area contributed by atoms with E-state index in [0.29, 0.717) is 17.9 Å². The Hall–Kier alpha value is -1.36. The van der Waals surface area contributed by atoms with Crippen LogP contribution in [0.5, 0.6) is 0 Å². The molecule has 0 saturated heterocycles. The number of alkyl halides is 1. The first-order chi connectivity index (χ1) is 8.11. The van der Waals surface area contributed by atoms with E-state index in [-0.39, 0.29) is 11.1 Å². The number of aryl methyl sites for hydroxylation is 1. The fraction of sp³-hybridized carbons (Fsp3) is 0.545. The fourth-order valence-corrected chi connectivity index (χ4v) is 2.28. The molecule has 2 rings (SSSR count). The standard InChI is InChI=1S/C11H15ClN4O/c1-3-4-8(12)5-9-6-10-14-15-11(17)16(10)7(2)13-9/h6,8H,3-5H2,1-2H3,(H,15,17). The van der Waals surface area contributed by atoms with E-state index in [9.17, 15) is 4.79 Å². The van der Waals surface area contributed by atoms with Crippen molar-refractivity contribution in [2.75, 3.05) is 0 Å². The highest BCUT2D eigenvalue weighted by molar-refractivity contribution is 6.20. The van der Waals surface area contributed by atoms with Crippen LogP contribution in [-0.4, -0.2) is 25.0 Å². The molecule has 2 heterocycles. The first-order valence-electron chi connectivity index (χ1n) is 5.69. The summed E-state index contributed by atoms with van der Waals surface area (Å²) in [5, 5.41) is 6.43. The molecule has 6 heteroatoms. The Morgan fingerprint density at radius 3 is 3.06 bits per heavy atom. The van der Waals surface area contributed by atoms with Gasteiger partial charge in [0.15, 0.2) is 5.65 Å². The summed E-state index contributed by atoms with van der Waals surface area (Å²) in [7, 11) is 0. The molecule has 2 aromatic heterocycles. The molecule has 0 spiro atoms. The number of rotatable bonds is 4. The van der Waals surface area contributed by atoms with E-state index in [1.807, 2.05) is 0 Å². The van der Waals surface area contributed by atoms with E-state index in [1.165, 1.54) is 4.40 Å². The number of nitrogens with one attached hydrogen (secondary N) is 1. The lowest BCUT2D eigenvalue weighted by Crippen LogP contribution is -2.14. The molecule has 0 aromatic carbocycles. The monoisotopic (exact) mass is 254 g/mol. The van der Waals surface area contributed by atoms with Crippen LogP contribution in [0.15, 0.2) is 10.9 Å². The highest BCUT2D eigenvalue weighted by Gasteiger charge is 2.10. The molecule has 92 valence electrons. The van der Waals surface area contributed by atoms with Crippen molar-refractivity contribution in [1.29, 1.82) is 0 Å². The van der Waals surface area contributed by atoms with Gasteiger partial charge in [0.05, 0.1) is 0 Å². The van der Waals surface area contributed by atoms with E-state index in [1.54, 1.807) is 13.0 Å². The van der Waals surface area contributed by atoms with Crippen molar-refractivity contribution in [1.82, 2.24) is 19.6 Å². The topological polar surface area (TPSA) is 63.0 Å². The van der Waals surface area contributed by atoms with Gasteiger partial charge in [0.25, 0.3) is 0 Å². The van der Waals surface area contributed by atoms with Crippen LogP contribution in [-0.2, 0) is 6.42 Å². The molecule has 0 aliphatic carbocycles. The zero-order valence-electron chi connectivity index (χ0n) is 9.90. The summed E-state index contributed by atoms with van der Waals surface area (Å²) < 4.78 is 1.45. The van der Waals surface area contributed by atoms with E-state index in [0.717, 1.165) is 18.5 Å². The van der Waals surface area contributed by atoms with Gasteiger partial charge in [-0.05, 0) is 13.3 Å². The highest BCUT2D eigenvalue weighted by Crippen LogP contribution is 2.13. The molecule has 0 saturated carbocycles. The van der Waals surface area contributed by atoms with Gasteiger partial charge in [0, 0.05) is 23.6 Å². The lowest BCUT2D eigenvalue weighted by molar-refractivity contribution is 0.711. The highest BCUT2D eigenvalue weighted by atomic mass is 35.5. The number of aromatic amines is 1. The lowest BCUT2D eigenvalue weighted by atomic mass is 10.1. The molecule has 0 aliphatic rings. The Labute approximate surface area is 104 Å². The molecule has 17 heavy (non-hydrogen) atoms. The Bertz CT molecular complexity index is 574. The van der Waals surface area contributed by atoms with Crippen LogP contribution in [0.2, 0.25) is 0 Å². The van der Waals surface area contributed by atoms with Crippen molar-refractivity contribution in [3.8, 4) is 0 Å². The fourth-order valence-electron chi connectivity index (χ4n) is 1.90. The molecule has 0 bridgehead atoms. The van der Waals surface area contributed by atoms with E-state index in [4.69, 9.17) is 11.6 Å². The van der Waals surface area contributed by atoms with Gasteiger partial charge in [0.1, 0.15) is 5.82 Å². The molecular weight excluding hydrogens is 240 g/mol. The van der Waals surface area contributed by atoms with Crippen LogP contribution < -0.4 is 5.69 Å². The predicted octanol–water partition coefficient (Wildman–Crippen LogP) is 1.68. The third-order valence-corrected chi connectivity index (χ3v) is 3.03. The molecule has 5 nitrogen and oxygen atoms in total. The van der Waals surface area contributed by atoms with E-state index < -0.39 is 0 Å². The number of halogens is 1. The van der Waals surface area contributed by atoms with Crippen LogP contribution in [0.25, 0.3) is 5.65 Å². The first-order valence-corrected chi connectivity index (χ1v) is 6.13. The van der Waals surface area contributed by atoms with Gasteiger partial charge in [0.2, 0.25) is 0 Å². The maximum atomic E-state index is 11.4. The van der Waals surface area contributed by atoms with Crippen LogP contribution in [0, 0.1) is 6.92 Å². The second-order valence-electron chi connectivity index (χ2n) is 4.11. The summed E-state index contributed by atoms with van der Waals surface area (Å²) in [5.41, 5.74) is 1.22. The summed E-state index contributed by atoms with van der Waals surface area (Å²) in [4.78, 5) is 15.8. The third kappa shape index (κ3) is 2.49. The number of hydrogen-bond donors (Lipinski definition) is 1. The summed E-state index contributed by atoms with van der Waals surface area (Å²) in [6.07, 6.45) is 2.71. The third-order valence-electron chi connectivity index (χ3n) is 2.66. The largest absolute Gasteiger partial charge is 0.349 e. The molecule has 1 unspecified atom stereocenters. The van der Waals surface area contributed by atoms with Gasteiger partial charge in [-0.15, -0.1) is 11.6 Å². The Morgan fingerprint density at radius 1 is 1.59 bits per heavy atom. The van der Waals surface area contributed by atoms with Crippen LogP contribution in [0.3, 0.4) is 0 Å². The number of H-pyrrole nitrogens is 1. The van der Waals surface area contributed by atoms with Gasteiger partial charge in [-0.3, -0.25) is 0 Å². The molecule has 2 aromatic rings. The number of nitrogens with zero attached hydrogens (tertiary/aromatic N) is 3. The van der Waals surface area contributed by atoms with Crippen molar-refractivity contribution in [3.63, 3.8) is 0 Å². The lowest BCUT2D eigenvalue weighted by Gasteiger charge is -2.08. The van der Waals surface area contributed by atoms with E-state index >= 15 is 0 Å². The van der Waals surface area contributed by atoms with Gasteiger partial charge < -0.3 is 0 Å². The maximum Gasteiger partial charge on any atom is 0.349 e. The average Bonchev–Trinajstić information content (AvgIpc) is 2.60. The maximum absolute atomic E-state index is 11.4. The normalized spacial score (nSPS) is 13.1. The number of hydrogen-bond acceptors (Lipinski definition) is 3. The quantitative estimate of drug-likeness (QED) is 0.845. The zero-order chi connectivity index (χ0) is 12.4. The minimum Gasteiger partial charge on any atom is -0.246 e. The summed E-state index contributed by atoms with van der Waals surface area (Å²) >= 11 is 6.19. The van der Waals surface area contributed by atoms with Gasteiger partial charge in [-0.1, -0.05) is 13.3 Å². The summed E-state index contributed by atoms with van der Waals surface area (Å²) in [6.45, 7) is 3.89. The van der Waals surface area contributed by atoms with Crippen LogP contribution >= 0.6 is 11.6 Å².